The van der Waals surface area contributed by atoms with Gasteiger partial charge in [0.15, 0.2) is 11.7 Å². The van der Waals surface area contributed by atoms with Crippen LogP contribution in [0.1, 0.15) is 26.3 Å². The van der Waals surface area contributed by atoms with Gasteiger partial charge in [-0.05, 0) is 25.1 Å². The highest BCUT2D eigenvalue weighted by Crippen LogP contribution is 2.37. The summed E-state index contributed by atoms with van der Waals surface area (Å²) in [4.78, 5) is 19.0. The van der Waals surface area contributed by atoms with E-state index < -0.39 is 5.92 Å². The molecule has 0 N–H and O–H groups in total. The number of benzene rings is 2. The predicted molar refractivity (Wildman–Crippen MR) is 124 cm³/mol. The van der Waals surface area contributed by atoms with Crippen molar-refractivity contribution in [2.75, 3.05) is 0 Å². The van der Waals surface area contributed by atoms with Gasteiger partial charge in [0.1, 0.15) is 15.5 Å². The van der Waals surface area contributed by atoms with Crippen molar-refractivity contribution in [2.24, 2.45) is 0 Å². The Bertz CT molecular complexity index is 1350. The normalized spacial score (nSPS) is 12.0. The van der Waals surface area contributed by atoms with Crippen LogP contribution in [0, 0.1) is 18.3 Å². The number of rotatable bonds is 5. The number of Topliss-reactive ketones (excluding diaryl/α,β-unsaturated/α-hetero) is 1. The fourth-order valence-corrected chi connectivity index (χ4v) is 5.39. The molecule has 0 radical (unpaired) electrons. The number of aromatic nitrogens is 3. The number of aryl methyl sites for hydroxylation is 1. The van der Waals surface area contributed by atoms with E-state index >= 15 is 0 Å². The van der Waals surface area contributed by atoms with Crippen LogP contribution in [0.5, 0.6) is 0 Å². The number of para-hydroxylation sites is 1. The van der Waals surface area contributed by atoms with Crippen LogP contribution in [0.4, 0.5) is 0 Å². The molecule has 1 atom stereocenters. The van der Waals surface area contributed by atoms with E-state index in [0.29, 0.717) is 9.88 Å². The molecule has 0 aliphatic rings. The van der Waals surface area contributed by atoms with Crippen molar-refractivity contribution >= 4 is 38.7 Å². The summed E-state index contributed by atoms with van der Waals surface area (Å²) >= 11 is 2.71. The third-order valence-electron chi connectivity index (χ3n) is 4.93. The summed E-state index contributed by atoms with van der Waals surface area (Å²) in [6, 6.07) is 23.8. The average Bonchev–Trinajstić information content (AvgIpc) is 3.51. The standard InChI is InChI=1S/C24H16N4OS2/c1-15-14-30-23(26-15)19(13-25)22(29)20-12-18-21(16-8-4-2-5-9-16)27-28(24(18)31-20)17-10-6-3-7-11-17/h2-12,14,19H,1H3. The average molecular weight is 441 g/mol. The zero-order valence-corrected chi connectivity index (χ0v) is 18.2. The van der Waals surface area contributed by atoms with Crippen LogP contribution in [0.3, 0.4) is 0 Å². The summed E-state index contributed by atoms with van der Waals surface area (Å²) in [6.45, 7) is 1.86. The van der Waals surface area contributed by atoms with Crippen LogP contribution < -0.4 is 0 Å². The summed E-state index contributed by atoms with van der Waals surface area (Å²) in [7, 11) is 0. The first kappa shape index (κ1) is 19.4. The number of nitriles is 1. The van der Waals surface area contributed by atoms with E-state index in [0.717, 1.165) is 32.9 Å². The lowest BCUT2D eigenvalue weighted by molar-refractivity contribution is 0.0983. The van der Waals surface area contributed by atoms with Crippen LogP contribution in [-0.4, -0.2) is 20.5 Å². The minimum absolute atomic E-state index is 0.225. The molecule has 150 valence electrons. The summed E-state index contributed by atoms with van der Waals surface area (Å²) in [5.74, 6) is -1.13. The van der Waals surface area contributed by atoms with Gasteiger partial charge in [0.05, 0.1) is 16.6 Å². The van der Waals surface area contributed by atoms with Gasteiger partial charge >= 0.3 is 0 Å². The lowest BCUT2D eigenvalue weighted by Crippen LogP contribution is -2.09. The summed E-state index contributed by atoms with van der Waals surface area (Å²) in [5.41, 5.74) is 3.53. The van der Waals surface area contributed by atoms with Crippen molar-refractivity contribution in [3.63, 3.8) is 0 Å². The van der Waals surface area contributed by atoms with Gasteiger partial charge in [0.2, 0.25) is 0 Å². The molecule has 0 amide bonds. The highest BCUT2D eigenvalue weighted by molar-refractivity contribution is 7.20. The molecule has 0 fully saturated rings. The lowest BCUT2D eigenvalue weighted by atomic mass is 10.0. The van der Waals surface area contributed by atoms with Crippen LogP contribution >= 0.6 is 22.7 Å². The van der Waals surface area contributed by atoms with Gasteiger partial charge in [-0.3, -0.25) is 4.79 Å². The Morgan fingerprint density at radius 3 is 2.45 bits per heavy atom. The first-order valence-electron chi connectivity index (χ1n) is 9.65. The number of carbonyl (C=O) groups is 1. The van der Waals surface area contributed by atoms with Crippen molar-refractivity contribution in [1.82, 2.24) is 14.8 Å². The number of hydrogen-bond acceptors (Lipinski definition) is 6. The Balaban J connectivity index is 1.67. The zero-order valence-electron chi connectivity index (χ0n) is 16.5. The molecule has 0 bridgehead atoms. The summed E-state index contributed by atoms with van der Waals surface area (Å²) in [6.07, 6.45) is 0. The molecule has 1 unspecified atom stereocenters. The molecule has 0 spiro atoms. The van der Waals surface area contributed by atoms with Gasteiger partial charge in [0.25, 0.3) is 0 Å². The topological polar surface area (TPSA) is 71.6 Å². The Morgan fingerprint density at radius 1 is 1.10 bits per heavy atom. The van der Waals surface area contributed by atoms with Crippen LogP contribution in [0.15, 0.2) is 72.1 Å². The molecule has 5 aromatic rings. The number of thiazole rings is 1. The largest absolute Gasteiger partial charge is 0.291 e. The van der Waals surface area contributed by atoms with Gasteiger partial charge in [-0.15, -0.1) is 22.7 Å². The van der Waals surface area contributed by atoms with Crippen molar-refractivity contribution in [3.8, 4) is 23.0 Å². The fraction of sp³-hybridized carbons (Fsp3) is 0.0833. The first-order chi connectivity index (χ1) is 15.2. The predicted octanol–water partition coefficient (Wildman–Crippen LogP) is 6.01. The number of hydrogen-bond donors (Lipinski definition) is 0. The Morgan fingerprint density at radius 2 is 1.81 bits per heavy atom. The van der Waals surface area contributed by atoms with Gasteiger partial charge in [-0.25, -0.2) is 9.67 Å². The quantitative estimate of drug-likeness (QED) is 0.314. The zero-order chi connectivity index (χ0) is 21.4. The molecule has 3 heterocycles. The maximum absolute atomic E-state index is 13.3. The van der Waals surface area contributed by atoms with E-state index in [4.69, 9.17) is 5.10 Å². The molecular formula is C24H16N4OS2. The van der Waals surface area contributed by atoms with Gasteiger partial charge in [-0.2, -0.15) is 10.4 Å². The molecule has 3 aromatic heterocycles. The molecule has 0 saturated carbocycles. The Labute approximate surface area is 186 Å². The molecular weight excluding hydrogens is 424 g/mol. The molecule has 7 heteroatoms. The van der Waals surface area contributed by atoms with Crippen LogP contribution in [0.25, 0.3) is 27.2 Å². The first-order valence-corrected chi connectivity index (χ1v) is 11.3. The second-order valence-electron chi connectivity index (χ2n) is 7.04. The SMILES string of the molecule is Cc1csc(C(C#N)C(=O)c2cc3c(-c4ccccc4)nn(-c4ccccc4)c3s2)n1. The second kappa shape index (κ2) is 7.91. The van der Waals surface area contributed by atoms with E-state index in [2.05, 4.69) is 11.1 Å². The highest BCUT2D eigenvalue weighted by atomic mass is 32.1. The van der Waals surface area contributed by atoms with E-state index in [1.165, 1.54) is 22.7 Å². The molecule has 5 rings (SSSR count). The maximum Gasteiger partial charge on any atom is 0.196 e. The van der Waals surface area contributed by atoms with E-state index in [-0.39, 0.29) is 5.78 Å². The fourth-order valence-electron chi connectivity index (χ4n) is 3.46. The van der Waals surface area contributed by atoms with E-state index in [1.807, 2.05) is 83.7 Å². The highest BCUT2D eigenvalue weighted by Gasteiger charge is 2.28. The van der Waals surface area contributed by atoms with Crippen molar-refractivity contribution in [2.45, 2.75) is 12.8 Å². The number of ketones is 1. The number of fused-ring (bicyclic) bond motifs is 1. The molecule has 0 aliphatic carbocycles. The third-order valence-corrected chi connectivity index (χ3v) is 7.08. The molecule has 0 aliphatic heterocycles. The smallest absolute Gasteiger partial charge is 0.196 e. The van der Waals surface area contributed by atoms with Gasteiger partial charge < -0.3 is 0 Å². The number of carbonyl (C=O) groups excluding carboxylic acids is 1. The summed E-state index contributed by atoms with van der Waals surface area (Å²) in [5, 5.41) is 17.8. The molecule has 5 nitrogen and oxygen atoms in total. The lowest BCUT2D eigenvalue weighted by Gasteiger charge is -2.04. The van der Waals surface area contributed by atoms with Crippen molar-refractivity contribution < 1.29 is 4.79 Å². The number of thiophene rings is 1. The van der Waals surface area contributed by atoms with Crippen LogP contribution in [0.2, 0.25) is 0 Å². The molecule has 0 saturated heterocycles. The Kier molecular flexibility index (Phi) is 4.94. The third kappa shape index (κ3) is 3.46. The van der Waals surface area contributed by atoms with Crippen LogP contribution in [-0.2, 0) is 0 Å². The van der Waals surface area contributed by atoms with E-state index in [9.17, 15) is 10.1 Å². The monoisotopic (exact) mass is 440 g/mol. The molecule has 2 aromatic carbocycles. The molecule has 31 heavy (non-hydrogen) atoms. The van der Waals surface area contributed by atoms with Crippen molar-refractivity contribution in [3.05, 3.63) is 87.7 Å². The minimum atomic E-state index is -0.903. The second-order valence-corrected chi connectivity index (χ2v) is 8.97. The maximum atomic E-state index is 13.3. The number of nitrogens with zero attached hydrogens (tertiary/aromatic N) is 4. The van der Waals surface area contributed by atoms with Gasteiger partial charge in [-0.1, -0.05) is 48.5 Å². The van der Waals surface area contributed by atoms with E-state index in [1.54, 1.807) is 0 Å². The minimum Gasteiger partial charge on any atom is -0.291 e. The summed E-state index contributed by atoms with van der Waals surface area (Å²) < 4.78 is 1.87. The van der Waals surface area contributed by atoms with Gasteiger partial charge in [0, 0.05) is 22.0 Å². The van der Waals surface area contributed by atoms with Crippen molar-refractivity contribution in [1.29, 1.82) is 5.26 Å². The Hall–Kier alpha value is -3.60.